The third-order valence-corrected chi connectivity index (χ3v) is 7.92. The fourth-order valence-electron chi connectivity index (χ4n) is 5.48. The first-order valence-corrected chi connectivity index (χ1v) is 16.9. The summed E-state index contributed by atoms with van der Waals surface area (Å²) in [6, 6.07) is 30.0. The lowest BCUT2D eigenvalue weighted by Crippen LogP contribution is -2.04. The van der Waals surface area contributed by atoms with E-state index in [2.05, 4.69) is 20.6 Å². The molecule has 0 atom stereocenters. The number of carbonyl (C=O) groups is 2. The lowest BCUT2D eigenvalue weighted by molar-refractivity contribution is 0.0687. The summed E-state index contributed by atoms with van der Waals surface area (Å²) in [5, 5.41) is 24.8. The maximum Gasteiger partial charge on any atom is 0.337 e. The van der Waals surface area contributed by atoms with Crippen LogP contribution < -0.4 is 20.1 Å². The SMILES string of the molecule is CCOc1cccc(-c2ccc(Nc3ccccc3C(=O)O)cn2)c1F.CCOc1cccc(-c2ncc(Nc3ccc(C)cc3C(=O)O)cc2C)c1. The number of para-hydroxylation sites is 1. The third-order valence-electron chi connectivity index (χ3n) is 7.92. The molecule has 0 aliphatic heterocycles. The number of anilines is 4. The van der Waals surface area contributed by atoms with Gasteiger partial charge in [0.05, 0.1) is 70.9 Å². The predicted molar refractivity (Wildman–Crippen MR) is 204 cm³/mol. The van der Waals surface area contributed by atoms with Crippen molar-refractivity contribution in [3.05, 3.63) is 144 Å². The summed E-state index contributed by atoms with van der Waals surface area (Å²) >= 11 is 0. The Bertz CT molecular complexity index is 2230. The number of pyridine rings is 2. The first kappa shape index (κ1) is 37.5. The Kier molecular flexibility index (Phi) is 12.4. The molecule has 4 N–H and O–H groups in total. The van der Waals surface area contributed by atoms with Crippen molar-refractivity contribution in [2.75, 3.05) is 23.8 Å². The van der Waals surface area contributed by atoms with Crippen LogP contribution in [0.1, 0.15) is 45.7 Å². The highest BCUT2D eigenvalue weighted by atomic mass is 19.1. The Balaban J connectivity index is 0.000000204. The van der Waals surface area contributed by atoms with Crippen molar-refractivity contribution in [2.24, 2.45) is 0 Å². The van der Waals surface area contributed by atoms with E-state index in [-0.39, 0.29) is 16.9 Å². The summed E-state index contributed by atoms with van der Waals surface area (Å²) in [5.41, 5.74) is 7.26. The molecule has 0 aliphatic rings. The molecule has 6 aromatic rings. The van der Waals surface area contributed by atoms with E-state index in [0.29, 0.717) is 41.5 Å². The van der Waals surface area contributed by atoms with Crippen LogP contribution in [0, 0.1) is 19.7 Å². The Labute approximate surface area is 306 Å². The molecule has 4 aromatic carbocycles. The van der Waals surface area contributed by atoms with E-state index in [1.54, 1.807) is 73.8 Å². The quantitative estimate of drug-likeness (QED) is 0.0967. The van der Waals surface area contributed by atoms with Crippen LogP contribution >= 0.6 is 0 Å². The van der Waals surface area contributed by atoms with Crippen LogP contribution in [0.5, 0.6) is 11.5 Å². The Morgan fingerprint density at radius 3 is 2.09 bits per heavy atom. The van der Waals surface area contributed by atoms with E-state index in [0.717, 1.165) is 33.8 Å². The second-order valence-electron chi connectivity index (χ2n) is 11.8. The molecule has 0 bridgehead atoms. The zero-order valence-electron chi connectivity index (χ0n) is 29.7. The minimum atomic E-state index is -1.02. The number of aromatic carboxylic acids is 2. The van der Waals surface area contributed by atoms with Gasteiger partial charge >= 0.3 is 11.9 Å². The molecular formula is C42H39FN4O6. The molecule has 53 heavy (non-hydrogen) atoms. The maximum atomic E-state index is 14.5. The average Bonchev–Trinajstić information content (AvgIpc) is 3.14. The summed E-state index contributed by atoms with van der Waals surface area (Å²) in [7, 11) is 0. The molecule has 2 heterocycles. The van der Waals surface area contributed by atoms with E-state index in [1.165, 1.54) is 12.3 Å². The highest BCUT2D eigenvalue weighted by molar-refractivity contribution is 5.96. The van der Waals surface area contributed by atoms with Gasteiger partial charge in [-0.25, -0.2) is 14.0 Å². The fourth-order valence-corrected chi connectivity index (χ4v) is 5.48. The Hall–Kier alpha value is -6.75. The van der Waals surface area contributed by atoms with E-state index >= 15 is 0 Å². The second-order valence-corrected chi connectivity index (χ2v) is 11.8. The van der Waals surface area contributed by atoms with Gasteiger partial charge < -0.3 is 30.3 Å². The second kappa shape index (κ2) is 17.5. The lowest BCUT2D eigenvalue weighted by Gasteiger charge is -2.13. The molecule has 0 saturated carbocycles. The smallest absolute Gasteiger partial charge is 0.337 e. The van der Waals surface area contributed by atoms with E-state index < -0.39 is 17.8 Å². The standard InChI is InChI=1S/C22H22N2O3.C20H17FN2O3/c1-4-27-18-7-5-6-16(12-18)21-15(3)11-17(13-23-21)24-20-9-8-14(2)10-19(20)22(25)26;1-2-26-18-9-5-7-14(19(18)21)16-11-10-13(12-22-16)23-17-8-4-3-6-15(17)20(24)25/h5-13,24H,4H2,1-3H3,(H,25,26);3-12,23H,2H2,1H3,(H,24,25). The number of carboxylic acids is 2. The van der Waals surface area contributed by atoms with E-state index in [1.807, 2.05) is 57.2 Å². The van der Waals surface area contributed by atoms with Crippen LogP contribution in [0.4, 0.5) is 27.1 Å². The van der Waals surface area contributed by atoms with Crippen molar-refractivity contribution in [3.63, 3.8) is 0 Å². The van der Waals surface area contributed by atoms with Gasteiger partial charge in [-0.1, -0.05) is 42.0 Å². The number of hydrogen-bond acceptors (Lipinski definition) is 8. The molecule has 0 aliphatic carbocycles. The van der Waals surface area contributed by atoms with Crippen LogP contribution in [-0.2, 0) is 0 Å². The van der Waals surface area contributed by atoms with Crippen molar-refractivity contribution in [2.45, 2.75) is 27.7 Å². The molecule has 0 unspecified atom stereocenters. The van der Waals surface area contributed by atoms with Crippen molar-refractivity contribution in [3.8, 4) is 34.0 Å². The van der Waals surface area contributed by atoms with E-state index in [4.69, 9.17) is 9.47 Å². The van der Waals surface area contributed by atoms with Gasteiger partial charge in [0.1, 0.15) is 5.75 Å². The van der Waals surface area contributed by atoms with E-state index in [9.17, 15) is 24.2 Å². The Morgan fingerprint density at radius 2 is 1.40 bits per heavy atom. The molecule has 0 spiro atoms. The number of rotatable bonds is 12. The number of carboxylic acid groups (broad SMARTS) is 2. The van der Waals surface area contributed by atoms with Crippen LogP contribution in [0.25, 0.3) is 22.5 Å². The molecule has 11 heteroatoms. The van der Waals surface area contributed by atoms with Gasteiger partial charge in [-0.3, -0.25) is 9.97 Å². The molecule has 0 saturated heterocycles. The summed E-state index contributed by atoms with van der Waals surface area (Å²) in [6.07, 6.45) is 3.24. The number of ether oxygens (including phenoxy) is 2. The largest absolute Gasteiger partial charge is 0.494 e. The highest BCUT2D eigenvalue weighted by Crippen LogP contribution is 2.31. The third kappa shape index (κ3) is 9.53. The number of halogens is 1. The lowest BCUT2D eigenvalue weighted by atomic mass is 10.1. The van der Waals surface area contributed by atoms with Gasteiger partial charge in [-0.2, -0.15) is 0 Å². The zero-order valence-corrected chi connectivity index (χ0v) is 29.7. The molecule has 6 rings (SSSR count). The van der Waals surface area contributed by atoms with Gasteiger partial charge in [0, 0.05) is 11.1 Å². The predicted octanol–water partition coefficient (Wildman–Crippen LogP) is 9.93. The highest BCUT2D eigenvalue weighted by Gasteiger charge is 2.14. The van der Waals surface area contributed by atoms with Crippen molar-refractivity contribution >= 4 is 34.7 Å². The molecule has 0 amide bonds. The Morgan fingerprint density at radius 1 is 0.698 bits per heavy atom. The van der Waals surface area contributed by atoms with Crippen LogP contribution in [0.2, 0.25) is 0 Å². The van der Waals surface area contributed by atoms with Crippen LogP contribution in [0.15, 0.2) is 116 Å². The molecule has 10 nitrogen and oxygen atoms in total. The van der Waals surface area contributed by atoms with Crippen molar-refractivity contribution in [1.82, 2.24) is 9.97 Å². The van der Waals surface area contributed by atoms with Crippen LogP contribution in [0.3, 0.4) is 0 Å². The topological polar surface area (TPSA) is 143 Å². The number of hydrogen-bond donors (Lipinski definition) is 4. The minimum Gasteiger partial charge on any atom is -0.494 e. The van der Waals surface area contributed by atoms with Crippen molar-refractivity contribution in [1.29, 1.82) is 0 Å². The summed E-state index contributed by atoms with van der Waals surface area (Å²) in [4.78, 5) is 31.6. The average molecular weight is 715 g/mol. The van der Waals surface area contributed by atoms with Gasteiger partial charge in [-0.05, 0) is 100.0 Å². The maximum absolute atomic E-state index is 14.5. The number of nitrogens with one attached hydrogen (secondary N) is 2. The zero-order chi connectivity index (χ0) is 37.9. The van der Waals surface area contributed by atoms with Gasteiger partial charge in [-0.15, -0.1) is 0 Å². The summed E-state index contributed by atoms with van der Waals surface area (Å²) in [6.45, 7) is 8.58. The molecule has 0 fully saturated rings. The fraction of sp³-hybridized carbons (Fsp3) is 0.143. The minimum absolute atomic E-state index is 0.159. The molecule has 270 valence electrons. The first-order chi connectivity index (χ1) is 25.6. The normalized spacial score (nSPS) is 10.4. The first-order valence-electron chi connectivity index (χ1n) is 16.9. The molecule has 0 radical (unpaired) electrons. The van der Waals surface area contributed by atoms with Gasteiger partial charge in [0.25, 0.3) is 0 Å². The monoisotopic (exact) mass is 714 g/mol. The molecule has 2 aromatic heterocycles. The number of aryl methyl sites for hydroxylation is 2. The summed E-state index contributed by atoms with van der Waals surface area (Å²) < 4.78 is 25.3. The molecular weight excluding hydrogens is 675 g/mol. The van der Waals surface area contributed by atoms with Gasteiger partial charge in [0.2, 0.25) is 0 Å². The van der Waals surface area contributed by atoms with Crippen molar-refractivity contribution < 1.29 is 33.7 Å². The number of benzene rings is 4. The number of aromatic nitrogens is 2. The number of nitrogens with zero attached hydrogens (tertiary/aromatic N) is 2. The summed E-state index contributed by atoms with van der Waals surface area (Å²) in [5.74, 6) is -1.45. The van der Waals surface area contributed by atoms with Gasteiger partial charge in [0.15, 0.2) is 11.6 Å². The van der Waals surface area contributed by atoms with Crippen LogP contribution in [-0.4, -0.2) is 45.3 Å².